The number of aromatic nitrogens is 2. The Hall–Kier alpha value is -1.00. The molecule has 0 spiro atoms. The molecule has 0 saturated carbocycles. The van der Waals surface area contributed by atoms with E-state index >= 15 is 0 Å². The van der Waals surface area contributed by atoms with Crippen LogP contribution in [0.2, 0.25) is 0 Å². The first-order valence-corrected chi connectivity index (χ1v) is 6.42. The molecular weight excluding hydrogens is 214 g/mol. The lowest BCUT2D eigenvalue weighted by Crippen LogP contribution is -2.42. The fraction of sp³-hybridized carbons (Fsp3) is 0.692. The molecule has 1 aliphatic rings. The molecule has 1 aliphatic heterocycles. The molecule has 1 atom stereocenters. The highest BCUT2D eigenvalue weighted by Crippen LogP contribution is 2.07. The second-order valence-corrected chi connectivity index (χ2v) is 4.60. The molecule has 0 aliphatic carbocycles. The number of ether oxygens (including phenoxy) is 1. The van der Waals surface area contributed by atoms with Crippen molar-refractivity contribution in [3.63, 3.8) is 0 Å². The van der Waals surface area contributed by atoms with Crippen LogP contribution >= 0.6 is 0 Å². The molecule has 1 unspecified atom stereocenters. The molecule has 0 radical (unpaired) electrons. The zero-order chi connectivity index (χ0) is 12.1. The highest BCUT2D eigenvalue weighted by Gasteiger charge is 2.15. The van der Waals surface area contributed by atoms with Crippen molar-refractivity contribution in [2.75, 3.05) is 19.8 Å². The molecule has 1 saturated heterocycles. The van der Waals surface area contributed by atoms with E-state index in [1.807, 2.05) is 6.92 Å². The van der Waals surface area contributed by atoms with Crippen LogP contribution in [0.15, 0.2) is 6.07 Å². The van der Waals surface area contributed by atoms with Gasteiger partial charge in [-0.3, -0.25) is 0 Å². The quantitative estimate of drug-likeness (QED) is 0.853. The van der Waals surface area contributed by atoms with Gasteiger partial charge < -0.3 is 10.1 Å². The van der Waals surface area contributed by atoms with Crippen LogP contribution in [0.1, 0.15) is 30.6 Å². The molecule has 4 heteroatoms. The van der Waals surface area contributed by atoms with Gasteiger partial charge in [0.25, 0.3) is 0 Å². The fourth-order valence-electron chi connectivity index (χ4n) is 2.15. The predicted octanol–water partition coefficient (Wildman–Crippen LogP) is 1.27. The Morgan fingerprint density at radius 3 is 3.06 bits per heavy atom. The number of nitrogens with one attached hydrogen (secondary N) is 1. The van der Waals surface area contributed by atoms with E-state index in [2.05, 4.69) is 28.3 Å². The van der Waals surface area contributed by atoms with Crippen molar-refractivity contribution in [3.05, 3.63) is 23.3 Å². The van der Waals surface area contributed by atoms with E-state index in [0.29, 0.717) is 6.04 Å². The first kappa shape index (κ1) is 12.5. The molecule has 0 aromatic carbocycles. The normalized spacial score (nSPS) is 20.5. The van der Waals surface area contributed by atoms with Crippen LogP contribution in [0.25, 0.3) is 0 Å². The molecular formula is C13H21N3O. The predicted molar refractivity (Wildman–Crippen MR) is 67.1 cm³/mol. The highest BCUT2D eigenvalue weighted by atomic mass is 16.5. The highest BCUT2D eigenvalue weighted by molar-refractivity contribution is 5.11. The summed E-state index contributed by atoms with van der Waals surface area (Å²) in [4.78, 5) is 9.11. The first-order valence-electron chi connectivity index (χ1n) is 6.42. The van der Waals surface area contributed by atoms with Gasteiger partial charge in [-0.25, -0.2) is 9.97 Å². The van der Waals surface area contributed by atoms with Gasteiger partial charge in [0.15, 0.2) is 0 Å². The van der Waals surface area contributed by atoms with Crippen molar-refractivity contribution < 1.29 is 4.74 Å². The summed E-state index contributed by atoms with van der Waals surface area (Å²) in [5.41, 5.74) is 2.22. The van der Waals surface area contributed by atoms with Crippen molar-refractivity contribution in [3.8, 4) is 0 Å². The van der Waals surface area contributed by atoms with Crippen LogP contribution in [-0.4, -0.2) is 35.8 Å². The maximum atomic E-state index is 5.44. The molecule has 0 bridgehead atoms. The molecule has 2 rings (SSSR count). The largest absolute Gasteiger partial charge is 0.379 e. The van der Waals surface area contributed by atoms with E-state index < -0.39 is 0 Å². The number of hydrogen-bond donors (Lipinski definition) is 1. The van der Waals surface area contributed by atoms with Gasteiger partial charge in [-0.15, -0.1) is 0 Å². The Balaban J connectivity index is 2.03. The van der Waals surface area contributed by atoms with E-state index in [-0.39, 0.29) is 0 Å². The second kappa shape index (κ2) is 6.07. The average molecular weight is 235 g/mol. The molecule has 1 fully saturated rings. The molecule has 1 aromatic rings. The minimum Gasteiger partial charge on any atom is -0.379 e. The molecule has 1 N–H and O–H groups in total. The van der Waals surface area contributed by atoms with Gasteiger partial charge in [0.1, 0.15) is 5.82 Å². The third-order valence-electron chi connectivity index (χ3n) is 2.89. The first-order chi connectivity index (χ1) is 8.28. The zero-order valence-corrected chi connectivity index (χ0v) is 10.7. The van der Waals surface area contributed by atoms with Gasteiger partial charge >= 0.3 is 0 Å². The van der Waals surface area contributed by atoms with Crippen molar-refractivity contribution in [2.45, 2.75) is 39.2 Å². The average Bonchev–Trinajstić information content (AvgIpc) is 2.30. The second-order valence-electron chi connectivity index (χ2n) is 4.60. The Morgan fingerprint density at radius 2 is 2.35 bits per heavy atom. The lowest BCUT2D eigenvalue weighted by Gasteiger charge is -2.23. The zero-order valence-electron chi connectivity index (χ0n) is 10.7. The van der Waals surface area contributed by atoms with E-state index in [0.717, 1.165) is 56.2 Å². The van der Waals surface area contributed by atoms with Crippen LogP contribution in [0.4, 0.5) is 0 Å². The third kappa shape index (κ3) is 3.75. The maximum absolute atomic E-state index is 5.44. The lowest BCUT2D eigenvalue weighted by atomic mass is 10.1. The SMILES string of the molecule is CCCc1cc(C)nc(CC2COCCN2)n1. The number of rotatable bonds is 4. The monoisotopic (exact) mass is 235 g/mol. The van der Waals surface area contributed by atoms with Crippen LogP contribution in [0.3, 0.4) is 0 Å². The number of hydrogen-bond acceptors (Lipinski definition) is 4. The van der Waals surface area contributed by atoms with E-state index in [1.165, 1.54) is 0 Å². The molecule has 4 nitrogen and oxygen atoms in total. The fourth-order valence-corrected chi connectivity index (χ4v) is 2.15. The van der Waals surface area contributed by atoms with Crippen LogP contribution in [-0.2, 0) is 17.6 Å². The van der Waals surface area contributed by atoms with Crippen molar-refractivity contribution in [1.82, 2.24) is 15.3 Å². The number of aryl methyl sites for hydroxylation is 2. The molecule has 94 valence electrons. The van der Waals surface area contributed by atoms with E-state index in [1.54, 1.807) is 0 Å². The summed E-state index contributed by atoms with van der Waals surface area (Å²) in [6.45, 7) is 6.72. The topological polar surface area (TPSA) is 47.0 Å². The van der Waals surface area contributed by atoms with Gasteiger partial charge in [0.2, 0.25) is 0 Å². The van der Waals surface area contributed by atoms with Gasteiger partial charge in [0, 0.05) is 30.4 Å². The summed E-state index contributed by atoms with van der Waals surface area (Å²) in [6, 6.07) is 2.44. The third-order valence-corrected chi connectivity index (χ3v) is 2.89. The Kier molecular flexibility index (Phi) is 4.45. The summed E-state index contributed by atoms with van der Waals surface area (Å²) in [5, 5.41) is 3.43. The standard InChI is InChI=1S/C13H21N3O/c1-3-4-11-7-10(2)15-13(16-11)8-12-9-17-6-5-14-12/h7,12,14H,3-6,8-9H2,1-2H3. The van der Waals surface area contributed by atoms with Crippen molar-refractivity contribution >= 4 is 0 Å². The Bertz CT molecular complexity index is 362. The van der Waals surface area contributed by atoms with Crippen molar-refractivity contribution in [2.24, 2.45) is 0 Å². The summed E-state index contributed by atoms with van der Waals surface area (Å²) in [6.07, 6.45) is 3.02. The Morgan fingerprint density at radius 1 is 1.47 bits per heavy atom. The Labute approximate surface area is 103 Å². The van der Waals surface area contributed by atoms with Gasteiger partial charge in [-0.2, -0.15) is 0 Å². The number of morpholine rings is 1. The van der Waals surface area contributed by atoms with Crippen LogP contribution in [0.5, 0.6) is 0 Å². The van der Waals surface area contributed by atoms with E-state index in [4.69, 9.17) is 4.74 Å². The maximum Gasteiger partial charge on any atom is 0.130 e. The minimum absolute atomic E-state index is 0.361. The van der Waals surface area contributed by atoms with Crippen LogP contribution in [0, 0.1) is 6.92 Å². The number of nitrogens with zero attached hydrogens (tertiary/aromatic N) is 2. The summed E-state index contributed by atoms with van der Waals surface area (Å²) >= 11 is 0. The molecule has 2 heterocycles. The molecule has 17 heavy (non-hydrogen) atoms. The van der Waals surface area contributed by atoms with Gasteiger partial charge in [-0.1, -0.05) is 13.3 Å². The summed E-state index contributed by atoms with van der Waals surface area (Å²) in [7, 11) is 0. The minimum atomic E-state index is 0.361. The molecule has 0 amide bonds. The summed E-state index contributed by atoms with van der Waals surface area (Å²) in [5.74, 6) is 0.941. The van der Waals surface area contributed by atoms with Gasteiger partial charge in [0.05, 0.1) is 13.2 Å². The van der Waals surface area contributed by atoms with Gasteiger partial charge in [-0.05, 0) is 19.4 Å². The van der Waals surface area contributed by atoms with Crippen LogP contribution < -0.4 is 5.32 Å². The lowest BCUT2D eigenvalue weighted by molar-refractivity contribution is 0.0763. The van der Waals surface area contributed by atoms with Crippen molar-refractivity contribution in [1.29, 1.82) is 0 Å². The smallest absolute Gasteiger partial charge is 0.130 e. The van der Waals surface area contributed by atoms with E-state index in [9.17, 15) is 0 Å². The summed E-state index contributed by atoms with van der Waals surface area (Å²) < 4.78 is 5.44. The molecule has 1 aromatic heterocycles.